The van der Waals surface area contributed by atoms with Gasteiger partial charge < -0.3 is 5.32 Å². The monoisotopic (exact) mass is 358 g/mol. The lowest BCUT2D eigenvalue weighted by Crippen LogP contribution is -2.13. The summed E-state index contributed by atoms with van der Waals surface area (Å²) in [6.07, 6.45) is 3.11. The molecule has 1 heterocycles. The summed E-state index contributed by atoms with van der Waals surface area (Å²) in [7, 11) is 0. The second-order valence-corrected chi connectivity index (χ2v) is 7.43. The van der Waals surface area contributed by atoms with Gasteiger partial charge in [0, 0.05) is 29.2 Å². The largest absolute Gasteiger partial charge is 0.322 e. The summed E-state index contributed by atoms with van der Waals surface area (Å²) in [6.45, 7) is 6.41. The van der Waals surface area contributed by atoms with Crippen molar-refractivity contribution in [2.75, 3.05) is 5.32 Å². The van der Waals surface area contributed by atoms with E-state index in [1.807, 2.05) is 24.3 Å². The number of pyridine rings is 1. The number of amides is 1. The quantitative estimate of drug-likeness (QED) is 0.677. The molecule has 0 aliphatic rings. The second-order valence-electron chi connectivity index (χ2n) is 7.43. The maximum absolute atomic E-state index is 12.8. The molecule has 0 aliphatic carbocycles. The third-order valence-electron chi connectivity index (χ3n) is 4.32. The Bertz CT molecular complexity index is 956. The van der Waals surface area contributed by atoms with Crippen molar-refractivity contribution < 1.29 is 9.59 Å². The van der Waals surface area contributed by atoms with Gasteiger partial charge in [-0.25, -0.2) is 0 Å². The Morgan fingerprint density at radius 3 is 2.19 bits per heavy atom. The molecule has 0 saturated carbocycles. The Morgan fingerprint density at radius 2 is 1.56 bits per heavy atom. The minimum absolute atomic E-state index is 0.0398. The van der Waals surface area contributed by atoms with Gasteiger partial charge in [-0.3, -0.25) is 14.6 Å². The molecule has 0 spiro atoms. The standard InChI is InChI=1S/C23H22N2O2/c1-23(2,3)19-11-9-16(10-12-19)21(26)17-6-4-8-20(14-17)25-22(27)18-7-5-13-24-15-18/h4-15H,1-3H3,(H,25,27). The zero-order valence-electron chi connectivity index (χ0n) is 15.7. The van der Waals surface area contributed by atoms with Crippen LogP contribution in [0.15, 0.2) is 73.1 Å². The Morgan fingerprint density at radius 1 is 0.852 bits per heavy atom. The molecular formula is C23H22N2O2. The lowest BCUT2D eigenvalue weighted by molar-refractivity contribution is 0.102. The van der Waals surface area contributed by atoms with E-state index in [1.54, 1.807) is 42.6 Å². The van der Waals surface area contributed by atoms with Crippen molar-refractivity contribution in [3.63, 3.8) is 0 Å². The Hall–Kier alpha value is -3.27. The van der Waals surface area contributed by atoms with Crippen LogP contribution in [-0.4, -0.2) is 16.7 Å². The van der Waals surface area contributed by atoms with E-state index < -0.39 is 0 Å². The summed E-state index contributed by atoms with van der Waals surface area (Å²) in [5, 5.41) is 2.80. The van der Waals surface area contributed by atoms with Gasteiger partial charge in [-0.2, -0.15) is 0 Å². The van der Waals surface area contributed by atoms with Gasteiger partial charge in [0.2, 0.25) is 0 Å². The van der Waals surface area contributed by atoms with E-state index in [9.17, 15) is 9.59 Å². The van der Waals surface area contributed by atoms with Crippen LogP contribution in [0.5, 0.6) is 0 Å². The van der Waals surface area contributed by atoms with Crippen molar-refractivity contribution in [3.05, 3.63) is 95.3 Å². The van der Waals surface area contributed by atoms with Crippen LogP contribution >= 0.6 is 0 Å². The van der Waals surface area contributed by atoms with Gasteiger partial charge in [-0.05, 0) is 35.2 Å². The molecule has 0 radical (unpaired) electrons. The molecule has 0 aliphatic heterocycles. The predicted molar refractivity (Wildman–Crippen MR) is 107 cm³/mol. The zero-order valence-corrected chi connectivity index (χ0v) is 15.7. The number of hydrogen-bond donors (Lipinski definition) is 1. The number of aromatic nitrogens is 1. The maximum Gasteiger partial charge on any atom is 0.257 e. The summed E-state index contributed by atoms with van der Waals surface area (Å²) in [4.78, 5) is 29.0. The van der Waals surface area contributed by atoms with Crippen molar-refractivity contribution in [1.29, 1.82) is 0 Å². The number of carbonyl (C=O) groups is 2. The lowest BCUT2D eigenvalue weighted by atomic mass is 9.86. The number of ketones is 1. The second kappa shape index (κ2) is 7.54. The molecule has 4 heteroatoms. The zero-order chi connectivity index (χ0) is 19.4. The van der Waals surface area contributed by atoms with E-state index in [2.05, 4.69) is 31.1 Å². The van der Waals surface area contributed by atoms with Crippen LogP contribution in [0.1, 0.15) is 52.6 Å². The highest BCUT2D eigenvalue weighted by Crippen LogP contribution is 2.23. The molecule has 3 aromatic rings. The summed E-state index contributed by atoms with van der Waals surface area (Å²) in [6, 6.07) is 18.0. The summed E-state index contributed by atoms with van der Waals surface area (Å²) in [5.74, 6) is -0.338. The normalized spacial score (nSPS) is 11.1. The number of benzene rings is 2. The summed E-state index contributed by atoms with van der Waals surface area (Å²) >= 11 is 0. The Balaban J connectivity index is 1.78. The smallest absolute Gasteiger partial charge is 0.257 e. The highest BCUT2D eigenvalue weighted by atomic mass is 16.1. The van der Waals surface area contributed by atoms with E-state index >= 15 is 0 Å². The average molecular weight is 358 g/mol. The van der Waals surface area contributed by atoms with Crippen LogP contribution in [0.2, 0.25) is 0 Å². The molecule has 136 valence electrons. The first-order chi connectivity index (χ1) is 12.8. The molecule has 0 fully saturated rings. The van der Waals surface area contributed by atoms with Gasteiger partial charge in [-0.1, -0.05) is 57.2 Å². The minimum Gasteiger partial charge on any atom is -0.322 e. The number of carbonyl (C=O) groups excluding carboxylic acids is 2. The number of anilines is 1. The predicted octanol–water partition coefficient (Wildman–Crippen LogP) is 4.86. The molecule has 1 N–H and O–H groups in total. The third-order valence-corrected chi connectivity index (χ3v) is 4.32. The van der Waals surface area contributed by atoms with E-state index in [4.69, 9.17) is 0 Å². The van der Waals surface area contributed by atoms with Gasteiger partial charge in [0.15, 0.2) is 5.78 Å². The van der Waals surface area contributed by atoms with Crippen LogP contribution in [-0.2, 0) is 5.41 Å². The van der Waals surface area contributed by atoms with Crippen molar-refractivity contribution in [2.24, 2.45) is 0 Å². The van der Waals surface area contributed by atoms with E-state index in [0.29, 0.717) is 22.4 Å². The molecule has 0 unspecified atom stereocenters. The molecule has 3 rings (SSSR count). The Kier molecular flexibility index (Phi) is 5.17. The van der Waals surface area contributed by atoms with Crippen LogP contribution in [0.25, 0.3) is 0 Å². The van der Waals surface area contributed by atoms with E-state index in [1.165, 1.54) is 11.8 Å². The minimum atomic E-state index is -0.262. The van der Waals surface area contributed by atoms with Gasteiger partial charge in [0.1, 0.15) is 0 Å². The number of nitrogens with zero attached hydrogens (tertiary/aromatic N) is 1. The summed E-state index contributed by atoms with van der Waals surface area (Å²) < 4.78 is 0. The Labute approximate surface area is 159 Å². The van der Waals surface area contributed by atoms with E-state index in [0.717, 1.165) is 0 Å². The first kappa shape index (κ1) is 18.5. The highest BCUT2D eigenvalue weighted by Gasteiger charge is 2.15. The van der Waals surface area contributed by atoms with E-state index in [-0.39, 0.29) is 17.1 Å². The van der Waals surface area contributed by atoms with Crippen molar-refractivity contribution in [3.8, 4) is 0 Å². The fraction of sp³-hybridized carbons (Fsp3) is 0.174. The van der Waals surface area contributed by atoms with Crippen molar-refractivity contribution >= 4 is 17.4 Å². The van der Waals surface area contributed by atoms with Crippen molar-refractivity contribution in [2.45, 2.75) is 26.2 Å². The molecule has 2 aromatic carbocycles. The van der Waals surface area contributed by atoms with Crippen LogP contribution in [0.4, 0.5) is 5.69 Å². The molecule has 0 bridgehead atoms. The third kappa shape index (κ3) is 4.47. The van der Waals surface area contributed by atoms with Gasteiger partial charge in [0.25, 0.3) is 5.91 Å². The fourth-order valence-corrected chi connectivity index (χ4v) is 2.73. The molecule has 0 atom stereocenters. The first-order valence-electron chi connectivity index (χ1n) is 8.81. The van der Waals surface area contributed by atoms with Gasteiger partial charge in [0.05, 0.1) is 5.56 Å². The fourth-order valence-electron chi connectivity index (χ4n) is 2.73. The van der Waals surface area contributed by atoms with Crippen LogP contribution in [0.3, 0.4) is 0 Å². The molecule has 1 amide bonds. The topological polar surface area (TPSA) is 59.1 Å². The first-order valence-corrected chi connectivity index (χ1v) is 8.81. The van der Waals surface area contributed by atoms with Gasteiger partial charge in [-0.15, -0.1) is 0 Å². The number of rotatable bonds is 4. The molecule has 0 saturated heterocycles. The number of nitrogens with one attached hydrogen (secondary N) is 1. The van der Waals surface area contributed by atoms with Crippen molar-refractivity contribution in [1.82, 2.24) is 4.98 Å². The number of hydrogen-bond acceptors (Lipinski definition) is 3. The SMILES string of the molecule is CC(C)(C)c1ccc(C(=O)c2cccc(NC(=O)c3cccnc3)c2)cc1. The molecule has 4 nitrogen and oxygen atoms in total. The molecule has 1 aromatic heterocycles. The average Bonchev–Trinajstić information content (AvgIpc) is 2.68. The lowest BCUT2D eigenvalue weighted by Gasteiger charge is -2.19. The molecular weight excluding hydrogens is 336 g/mol. The highest BCUT2D eigenvalue weighted by molar-refractivity contribution is 6.10. The summed E-state index contributed by atoms with van der Waals surface area (Å²) in [5.41, 5.74) is 3.41. The van der Waals surface area contributed by atoms with Crippen LogP contribution < -0.4 is 5.32 Å². The van der Waals surface area contributed by atoms with Gasteiger partial charge >= 0.3 is 0 Å². The maximum atomic E-state index is 12.8. The van der Waals surface area contributed by atoms with Crippen LogP contribution in [0, 0.1) is 0 Å². The molecule has 27 heavy (non-hydrogen) atoms.